The Kier molecular flexibility index (Phi) is 6.42. The van der Waals surface area contributed by atoms with Crippen LogP contribution >= 0.6 is 0 Å². The fourth-order valence-corrected chi connectivity index (χ4v) is 2.33. The molecule has 0 saturated heterocycles. The van der Waals surface area contributed by atoms with Gasteiger partial charge in [0.1, 0.15) is 5.60 Å². The summed E-state index contributed by atoms with van der Waals surface area (Å²) in [5, 5.41) is 12.8. The fourth-order valence-electron chi connectivity index (χ4n) is 2.33. The molecule has 4 nitrogen and oxygen atoms in total. The molecule has 0 spiro atoms. The predicted octanol–water partition coefficient (Wildman–Crippen LogP) is 3.39. The average molecular weight is 307 g/mol. The van der Waals surface area contributed by atoms with Gasteiger partial charge in [0, 0.05) is 12.0 Å². The first-order chi connectivity index (χ1) is 10.2. The molecule has 1 aromatic carbocycles. The second-order valence-electron chi connectivity index (χ2n) is 7.19. The largest absolute Gasteiger partial charge is 0.444 e. The Hall–Kier alpha value is -1.55. The number of benzene rings is 1. The molecule has 0 heterocycles. The molecule has 0 aliphatic rings. The van der Waals surface area contributed by atoms with Gasteiger partial charge in [-0.15, -0.1) is 0 Å². The highest BCUT2D eigenvalue weighted by molar-refractivity contribution is 5.67. The maximum absolute atomic E-state index is 11.9. The molecule has 1 aromatic rings. The molecule has 1 unspecified atom stereocenters. The summed E-state index contributed by atoms with van der Waals surface area (Å²) in [6.07, 6.45) is 0.261. The molecule has 1 rings (SSSR count). The Morgan fingerprint density at radius 1 is 1.23 bits per heavy atom. The molecule has 22 heavy (non-hydrogen) atoms. The monoisotopic (exact) mass is 307 g/mol. The van der Waals surface area contributed by atoms with Gasteiger partial charge in [-0.05, 0) is 38.7 Å². The van der Waals surface area contributed by atoms with Gasteiger partial charge in [0.15, 0.2) is 0 Å². The Morgan fingerprint density at radius 3 is 2.27 bits per heavy atom. The van der Waals surface area contributed by atoms with Gasteiger partial charge in [-0.1, -0.05) is 44.2 Å². The van der Waals surface area contributed by atoms with E-state index in [0.717, 1.165) is 5.56 Å². The number of amides is 1. The standard InChI is InChI=1S/C18H29NO3/c1-14(2)18(13-20,11-15-9-7-6-8-10-15)12-19-16(21)22-17(3,4)5/h6-10,14,20H,11-13H2,1-5H3,(H,19,21). The zero-order valence-corrected chi connectivity index (χ0v) is 14.3. The van der Waals surface area contributed by atoms with E-state index >= 15 is 0 Å². The Balaban J connectivity index is 2.78. The van der Waals surface area contributed by atoms with Gasteiger partial charge in [0.25, 0.3) is 0 Å². The van der Waals surface area contributed by atoms with E-state index < -0.39 is 17.1 Å². The van der Waals surface area contributed by atoms with Gasteiger partial charge in [0.2, 0.25) is 0 Å². The van der Waals surface area contributed by atoms with E-state index in [1.54, 1.807) is 0 Å². The third kappa shape index (κ3) is 5.68. The van der Waals surface area contributed by atoms with Crippen LogP contribution in [0.25, 0.3) is 0 Å². The molecule has 0 bridgehead atoms. The summed E-state index contributed by atoms with van der Waals surface area (Å²) in [6.45, 7) is 10.0. The molecule has 0 aliphatic heterocycles. The van der Waals surface area contributed by atoms with Crippen molar-refractivity contribution in [3.63, 3.8) is 0 Å². The number of carbonyl (C=O) groups excluding carboxylic acids is 1. The highest BCUT2D eigenvalue weighted by Crippen LogP contribution is 2.31. The highest BCUT2D eigenvalue weighted by Gasteiger charge is 2.34. The molecule has 2 N–H and O–H groups in total. The van der Waals surface area contributed by atoms with Gasteiger partial charge in [-0.2, -0.15) is 0 Å². The van der Waals surface area contributed by atoms with E-state index in [2.05, 4.69) is 19.2 Å². The smallest absolute Gasteiger partial charge is 0.407 e. The molecule has 0 aromatic heterocycles. The van der Waals surface area contributed by atoms with Crippen LogP contribution in [0.15, 0.2) is 30.3 Å². The third-order valence-electron chi connectivity index (χ3n) is 3.92. The first-order valence-electron chi connectivity index (χ1n) is 7.80. The van der Waals surface area contributed by atoms with E-state index in [4.69, 9.17) is 4.74 Å². The number of nitrogens with one attached hydrogen (secondary N) is 1. The lowest BCUT2D eigenvalue weighted by atomic mass is 9.73. The van der Waals surface area contributed by atoms with Crippen LogP contribution in [0.5, 0.6) is 0 Å². The Labute approximate surface area is 133 Å². The minimum absolute atomic E-state index is 0.00928. The van der Waals surface area contributed by atoms with E-state index in [-0.39, 0.29) is 12.5 Å². The lowest BCUT2D eigenvalue weighted by Gasteiger charge is -2.36. The van der Waals surface area contributed by atoms with Crippen molar-refractivity contribution in [3.8, 4) is 0 Å². The topological polar surface area (TPSA) is 58.6 Å². The number of alkyl carbamates (subject to hydrolysis) is 1. The van der Waals surface area contributed by atoms with Gasteiger partial charge < -0.3 is 15.2 Å². The molecular weight excluding hydrogens is 278 g/mol. The zero-order valence-electron chi connectivity index (χ0n) is 14.3. The molecule has 1 amide bonds. The summed E-state index contributed by atoms with van der Waals surface area (Å²) in [7, 11) is 0. The lowest BCUT2D eigenvalue weighted by molar-refractivity contribution is 0.0394. The number of hydrogen-bond acceptors (Lipinski definition) is 3. The summed E-state index contributed by atoms with van der Waals surface area (Å²) >= 11 is 0. The number of carbonyl (C=O) groups is 1. The van der Waals surface area contributed by atoms with E-state index in [0.29, 0.717) is 13.0 Å². The molecule has 4 heteroatoms. The van der Waals surface area contributed by atoms with Crippen LogP contribution in [0, 0.1) is 11.3 Å². The van der Waals surface area contributed by atoms with Gasteiger partial charge in [-0.3, -0.25) is 0 Å². The second-order valence-corrected chi connectivity index (χ2v) is 7.19. The first kappa shape index (κ1) is 18.5. The van der Waals surface area contributed by atoms with Crippen LogP contribution in [-0.2, 0) is 11.2 Å². The predicted molar refractivity (Wildman–Crippen MR) is 88.7 cm³/mol. The Bertz CT molecular complexity index is 465. The van der Waals surface area contributed by atoms with Crippen LogP contribution in [0.4, 0.5) is 4.79 Å². The number of rotatable bonds is 6. The third-order valence-corrected chi connectivity index (χ3v) is 3.92. The van der Waals surface area contributed by atoms with Crippen molar-refractivity contribution >= 4 is 6.09 Å². The van der Waals surface area contributed by atoms with Crippen LogP contribution in [0.1, 0.15) is 40.2 Å². The minimum Gasteiger partial charge on any atom is -0.444 e. The highest BCUT2D eigenvalue weighted by atomic mass is 16.6. The zero-order chi connectivity index (χ0) is 16.8. The van der Waals surface area contributed by atoms with Crippen molar-refractivity contribution < 1.29 is 14.6 Å². The molecule has 1 atom stereocenters. The second kappa shape index (κ2) is 7.63. The summed E-state index contributed by atoms with van der Waals surface area (Å²) < 4.78 is 5.28. The van der Waals surface area contributed by atoms with E-state index in [1.165, 1.54) is 0 Å². The molecule has 0 fully saturated rings. The van der Waals surface area contributed by atoms with E-state index in [1.807, 2.05) is 51.1 Å². The maximum atomic E-state index is 11.9. The van der Waals surface area contributed by atoms with Crippen LogP contribution in [0.3, 0.4) is 0 Å². The van der Waals surface area contributed by atoms with Gasteiger partial charge in [0.05, 0.1) is 6.61 Å². The quantitative estimate of drug-likeness (QED) is 0.847. The molecule has 124 valence electrons. The summed E-state index contributed by atoms with van der Waals surface area (Å²) in [5.41, 5.74) is 0.220. The molecule has 0 saturated carbocycles. The first-order valence-corrected chi connectivity index (χ1v) is 7.80. The molecule has 0 aliphatic carbocycles. The summed E-state index contributed by atoms with van der Waals surface area (Å²) in [6, 6.07) is 10.0. The van der Waals surface area contributed by atoms with Crippen molar-refractivity contribution in [2.75, 3.05) is 13.2 Å². The van der Waals surface area contributed by atoms with Crippen molar-refractivity contribution in [2.24, 2.45) is 11.3 Å². The lowest BCUT2D eigenvalue weighted by Crippen LogP contribution is -2.46. The van der Waals surface area contributed by atoms with Crippen LogP contribution in [0.2, 0.25) is 0 Å². The molecular formula is C18H29NO3. The number of hydrogen-bond donors (Lipinski definition) is 2. The van der Waals surface area contributed by atoms with Crippen molar-refractivity contribution in [2.45, 2.75) is 46.6 Å². The minimum atomic E-state index is -0.525. The molecule has 0 radical (unpaired) electrons. The van der Waals surface area contributed by atoms with Crippen molar-refractivity contribution in [3.05, 3.63) is 35.9 Å². The number of aliphatic hydroxyl groups is 1. The summed E-state index contributed by atoms with van der Waals surface area (Å²) in [5.74, 6) is 0.215. The van der Waals surface area contributed by atoms with E-state index in [9.17, 15) is 9.90 Å². The number of aliphatic hydroxyl groups excluding tert-OH is 1. The fraction of sp³-hybridized carbons (Fsp3) is 0.611. The Morgan fingerprint density at radius 2 is 1.82 bits per heavy atom. The normalized spacial score (nSPS) is 14.5. The SMILES string of the molecule is CC(C)C(CO)(CNC(=O)OC(C)(C)C)Cc1ccccc1. The average Bonchev–Trinajstić information content (AvgIpc) is 2.42. The van der Waals surface area contributed by atoms with Gasteiger partial charge in [-0.25, -0.2) is 4.79 Å². The van der Waals surface area contributed by atoms with Crippen LogP contribution < -0.4 is 5.32 Å². The van der Waals surface area contributed by atoms with Gasteiger partial charge >= 0.3 is 6.09 Å². The van der Waals surface area contributed by atoms with Crippen LogP contribution in [-0.4, -0.2) is 30.0 Å². The summed E-state index contributed by atoms with van der Waals surface area (Å²) in [4.78, 5) is 11.9. The maximum Gasteiger partial charge on any atom is 0.407 e. The van der Waals surface area contributed by atoms with Crippen molar-refractivity contribution in [1.82, 2.24) is 5.32 Å². The van der Waals surface area contributed by atoms with Crippen molar-refractivity contribution in [1.29, 1.82) is 0 Å². The number of ether oxygens (including phenoxy) is 1.